The summed E-state index contributed by atoms with van der Waals surface area (Å²) in [7, 11) is 0. The van der Waals surface area contributed by atoms with Crippen LogP contribution in [0.15, 0.2) is 6.20 Å². The molecule has 1 heterocycles. The second kappa shape index (κ2) is 7.05. The largest absolute Gasteiger partial charge is 0.476 e. The van der Waals surface area contributed by atoms with Gasteiger partial charge in [-0.1, -0.05) is 0 Å². The SMILES string of the molecule is CC(C)(CCCO)NC(=O)c1cnc(C2CC2)c(OCC2CC2)n1. The molecule has 0 bridgehead atoms. The highest BCUT2D eigenvalue weighted by Gasteiger charge is 2.31. The number of nitrogens with one attached hydrogen (secondary N) is 1. The van der Waals surface area contributed by atoms with Crippen molar-refractivity contribution in [3.8, 4) is 5.88 Å². The van der Waals surface area contributed by atoms with Crippen molar-refractivity contribution < 1.29 is 14.6 Å². The topological polar surface area (TPSA) is 84.3 Å². The van der Waals surface area contributed by atoms with E-state index in [-0.39, 0.29) is 12.5 Å². The molecule has 2 saturated carbocycles. The second-order valence-corrected chi connectivity index (χ2v) is 7.64. The van der Waals surface area contributed by atoms with Crippen LogP contribution in [0.25, 0.3) is 0 Å². The lowest BCUT2D eigenvalue weighted by molar-refractivity contribution is 0.0898. The van der Waals surface area contributed by atoms with Crippen molar-refractivity contribution in [3.05, 3.63) is 17.6 Å². The Morgan fingerprint density at radius 1 is 1.38 bits per heavy atom. The van der Waals surface area contributed by atoms with Gasteiger partial charge < -0.3 is 15.2 Å². The van der Waals surface area contributed by atoms with Gasteiger partial charge in [-0.05, 0) is 58.3 Å². The van der Waals surface area contributed by atoms with Crippen LogP contribution in [0.1, 0.15) is 74.5 Å². The van der Waals surface area contributed by atoms with Crippen LogP contribution in [0, 0.1) is 5.92 Å². The van der Waals surface area contributed by atoms with Crippen LogP contribution >= 0.6 is 0 Å². The number of amides is 1. The first kappa shape index (κ1) is 17.1. The Hall–Kier alpha value is -1.69. The number of hydrogen-bond donors (Lipinski definition) is 2. The highest BCUT2D eigenvalue weighted by Crippen LogP contribution is 2.42. The van der Waals surface area contributed by atoms with Gasteiger partial charge in [0.25, 0.3) is 5.91 Å². The first-order valence-electron chi connectivity index (χ1n) is 8.91. The number of hydrogen-bond acceptors (Lipinski definition) is 5. The van der Waals surface area contributed by atoms with E-state index in [0.29, 0.717) is 42.9 Å². The zero-order valence-corrected chi connectivity index (χ0v) is 14.5. The van der Waals surface area contributed by atoms with Gasteiger partial charge in [0.05, 0.1) is 12.8 Å². The van der Waals surface area contributed by atoms with Gasteiger partial charge in [0.2, 0.25) is 5.88 Å². The summed E-state index contributed by atoms with van der Waals surface area (Å²) in [6.45, 7) is 4.67. The molecule has 3 rings (SSSR count). The number of carbonyl (C=O) groups excluding carboxylic acids is 1. The zero-order valence-electron chi connectivity index (χ0n) is 14.5. The van der Waals surface area contributed by atoms with Gasteiger partial charge in [-0.3, -0.25) is 9.78 Å². The van der Waals surface area contributed by atoms with E-state index in [4.69, 9.17) is 9.84 Å². The molecule has 2 N–H and O–H groups in total. The quantitative estimate of drug-likeness (QED) is 0.725. The molecule has 0 atom stereocenters. The average Bonchev–Trinajstić information content (AvgIpc) is 3.44. The molecular weight excluding hydrogens is 306 g/mol. The Balaban J connectivity index is 1.69. The standard InChI is InChI=1S/C18H27N3O3/c1-18(2,8-3-9-22)21-16(23)14-10-19-15(13-6-7-13)17(20-14)24-11-12-4-5-12/h10,12-13,22H,3-9,11H2,1-2H3,(H,21,23). The lowest BCUT2D eigenvalue weighted by atomic mass is 9.98. The summed E-state index contributed by atoms with van der Waals surface area (Å²) in [5.41, 5.74) is 0.792. The van der Waals surface area contributed by atoms with Gasteiger partial charge in [0, 0.05) is 18.1 Å². The van der Waals surface area contributed by atoms with Crippen molar-refractivity contribution in [3.63, 3.8) is 0 Å². The summed E-state index contributed by atoms with van der Waals surface area (Å²) >= 11 is 0. The minimum absolute atomic E-state index is 0.119. The molecule has 0 unspecified atom stereocenters. The van der Waals surface area contributed by atoms with Crippen LogP contribution in [0.4, 0.5) is 0 Å². The molecule has 0 spiro atoms. The van der Waals surface area contributed by atoms with Gasteiger partial charge in [-0.15, -0.1) is 0 Å². The summed E-state index contributed by atoms with van der Waals surface area (Å²) in [4.78, 5) is 21.4. The van der Waals surface area contributed by atoms with Gasteiger partial charge in [-0.2, -0.15) is 0 Å². The third kappa shape index (κ3) is 4.66. The van der Waals surface area contributed by atoms with Crippen molar-refractivity contribution in [2.45, 2.75) is 63.8 Å². The lowest BCUT2D eigenvalue weighted by Crippen LogP contribution is -2.43. The zero-order chi connectivity index (χ0) is 17.2. The van der Waals surface area contributed by atoms with E-state index in [0.717, 1.165) is 18.5 Å². The molecule has 1 aromatic rings. The average molecular weight is 333 g/mol. The van der Waals surface area contributed by atoms with E-state index >= 15 is 0 Å². The number of aliphatic hydroxyl groups is 1. The van der Waals surface area contributed by atoms with E-state index in [1.54, 1.807) is 6.20 Å². The van der Waals surface area contributed by atoms with Crippen LogP contribution in [-0.2, 0) is 0 Å². The second-order valence-electron chi connectivity index (χ2n) is 7.64. The smallest absolute Gasteiger partial charge is 0.272 e. The normalized spacial score (nSPS) is 17.6. The molecule has 1 amide bonds. The number of aromatic nitrogens is 2. The lowest BCUT2D eigenvalue weighted by Gasteiger charge is -2.25. The monoisotopic (exact) mass is 333 g/mol. The molecule has 0 aliphatic heterocycles. The first-order chi connectivity index (χ1) is 11.5. The van der Waals surface area contributed by atoms with Crippen molar-refractivity contribution in [2.75, 3.05) is 13.2 Å². The summed E-state index contributed by atoms with van der Waals surface area (Å²) in [5.74, 6) is 1.35. The Bertz CT molecular complexity index is 595. The predicted octanol–water partition coefficient (Wildman–Crippen LogP) is 2.42. The fourth-order valence-electron chi connectivity index (χ4n) is 2.67. The van der Waals surface area contributed by atoms with Crippen LogP contribution in [0.2, 0.25) is 0 Å². The Labute approximate surface area is 143 Å². The van der Waals surface area contributed by atoms with Gasteiger partial charge in [0.15, 0.2) is 0 Å². The molecule has 24 heavy (non-hydrogen) atoms. The van der Waals surface area contributed by atoms with Crippen molar-refractivity contribution in [2.24, 2.45) is 5.92 Å². The molecule has 6 nitrogen and oxygen atoms in total. The van der Waals surface area contributed by atoms with Crippen molar-refractivity contribution in [1.29, 1.82) is 0 Å². The van der Waals surface area contributed by atoms with Gasteiger partial charge in [-0.25, -0.2) is 4.98 Å². The molecular formula is C18H27N3O3. The van der Waals surface area contributed by atoms with E-state index in [1.807, 2.05) is 13.8 Å². The molecule has 0 radical (unpaired) electrons. The number of aliphatic hydroxyl groups excluding tert-OH is 1. The third-order valence-electron chi connectivity index (χ3n) is 4.53. The Morgan fingerprint density at radius 2 is 2.12 bits per heavy atom. The number of nitrogens with zero attached hydrogens (tertiary/aromatic N) is 2. The molecule has 2 fully saturated rings. The highest BCUT2D eigenvalue weighted by molar-refractivity contribution is 5.92. The van der Waals surface area contributed by atoms with Crippen LogP contribution in [0.5, 0.6) is 5.88 Å². The molecule has 132 valence electrons. The molecule has 2 aliphatic rings. The van der Waals surface area contributed by atoms with Crippen molar-refractivity contribution in [1.82, 2.24) is 15.3 Å². The summed E-state index contributed by atoms with van der Waals surface area (Å²) in [5, 5.41) is 11.9. The molecule has 2 aliphatic carbocycles. The van der Waals surface area contributed by atoms with Crippen LogP contribution < -0.4 is 10.1 Å². The summed E-state index contributed by atoms with van der Waals surface area (Å²) in [6, 6.07) is 0. The number of ether oxygens (including phenoxy) is 1. The highest BCUT2D eigenvalue weighted by atomic mass is 16.5. The maximum Gasteiger partial charge on any atom is 0.272 e. The summed E-state index contributed by atoms with van der Waals surface area (Å²) in [6.07, 6.45) is 7.57. The molecule has 0 aromatic carbocycles. The van der Waals surface area contributed by atoms with Gasteiger partial charge >= 0.3 is 0 Å². The Morgan fingerprint density at radius 3 is 2.75 bits per heavy atom. The fourth-order valence-corrected chi connectivity index (χ4v) is 2.67. The molecule has 6 heteroatoms. The number of carbonyl (C=O) groups is 1. The van der Waals surface area contributed by atoms with E-state index in [1.165, 1.54) is 12.8 Å². The Kier molecular flexibility index (Phi) is 5.04. The van der Waals surface area contributed by atoms with Crippen LogP contribution in [0.3, 0.4) is 0 Å². The maximum atomic E-state index is 12.5. The van der Waals surface area contributed by atoms with E-state index < -0.39 is 5.54 Å². The summed E-state index contributed by atoms with van der Waals surface area (Å²) < 4.78 is 5.86. The minimum Gasteiger partial charge on any atom is -0.476 e. The van der Waals surface area contributed by atoms with Crippen LogP contribution in [-0.4, -0.2) is 39.7 Å². The number of rotatable bonds is 9. The van der Waals surface area contributed by atoms with Crippen molar-refractivity contribution >= 4 is 5.91 Å². The molecule has 0 saturated heterocycles. The third-order valence-corrected chi connectivity index (χ3v) is 4.53. The first-order valence-corrected chi connectivity index (χ1v) is 8.91. The predicted molar refractivity (Wildman–Crippen MR) is 90.1 cm³/mol. The van der Waals surface area contributed by atoms with Gasteiger partial charge in [0.1, 0.15) is 11.4 Å². The van der Waals surface area contributed by atoms with E-state index in [2.05, 4.69) is 15.3 Å². The molecule has 1 aromatic heterocycles. The minimum atomic E-state index is -0.397. The fraction of sp³-hybridized carbons (Fsp3) is 0.722. The van der Waals surface area contributed by atoms with E-state index in [9.17, 15) is 4.79 Å². The maximum absolute atomic E-state index is 12.5.